The van der Waals surface area contributed by atoms with Crippen LogP contribution in [0.2, 0.25) is 0 Å². The van der Waals surface area contributed by atoms with Crippen LogP contribution in [0.3, 0.4) is 0 Å². The number of carbonyl (C=O) groups is 1. The van der Waals surface area contributed by atoms with Crippen molar-refractivity contribution in [3.63, 3.8) is 0 Å². The number of ether oxygens (including phenoxy) is 2. The van der Waals surface area contributed by atoms with Gasteiger partial charge < -0.3 is 45.4 Å². The number of allylic oxidation sites excluding steroid dienone is 3. The Kier molecular flexibility index (Phi) is 32.7. The minimum Gasteiger partial charge on any atom is -0.394 e. The summed E-state index contributed by atoms with van der Waals surface area (Å²) in [4.78, 5) is 13.0. The third-order valence-corrected chi connectivity index (χ3v) is 10.6. The van der Waals surface area contributed by atoms with Gasteiger partial charge in [-0.25, -0.2) is 0 Å². The molecule has 8 atom stereocenters. The summed E-state index contributed by atoms with van der Waals surface area (Å²) in [7, 11) is 0. The quantitative estimate of drug-likeness (QED) is 0.0250. The van der Waals surface area contributed by atoms with E-state index in [1.807, 2.05) is 6.08 Å². The van der Waals surface area contributed by atoms with Gasteiger partial charge in [-0.3, -0.25) is 4.79 Å². The number of aliphatic hydroxyl groups is 6. The number of aliphatic hydroxyl groups excluding tert-OH is 6. The highest BCUT2D eigenvalue weighted by molar-refractivity contribution is 5.80. The van der Waals surface area contributed by atoms with Crippen molar-refractivity contribution in [2.45, 2.75) is 236 Å². The number of hydrogen-bond donors (Lipinski definition) is 7. The molecule has 0 aromatic rings. The Morgan fingerprint density at radius 2 is 1.07 bits per heavy atom. The second-order valence-corrected chi connectivity index (χ2v) is 15.6. The van der Waals surface area contributed by atoms with Crippen LogP contribution < -0.4 is 5.32 Å². The van der Waals surface area contributed by atoms with Crippen molar-refractivity contribution in [3.05, 3.63) is 24.3 Å². The van der Waals surface area contributed by atoms with Gasteiger partial charge >= 0.3 is 0 Å². The molecule has 1 rings (SSSR count). The van der Waals surface area contributed by atoms with Gasteiger partial charge in [-0.2, -0.15) is 0 Å². The predicted molar refractivity (Wildman–Crippen MR) is 218 cm³/mol. The van der Waals surface area contributed by atoms with Crippen LogP contribution in [0, 0.1) is 0 Å². The largest absolute Gasteiger partial charge is 0.394 e. The Bertz CT molecular complexity index is 916. The standard InChI is InChI=1S/C44H83NO9/c1-3-5-7-9-11-13-14-15-16-17-18-19-20-21-22-23-25-27-29-31-33-38(48)43(52)45-36(37(47)32-30-28-26-24-12-10-8-6-4-2)35-53-44-42(51)41(50)40(49)39(34-46)54-44/h15-16,30,32,36-42,44,46-51H,3-14,17-29,31,33-35H2,1-2H3,(H,45,52)/b16-15-,32-30+/t36-,37+,38?,39+,40+,41?,42?,44+/m0/s1. The van der Waals surface area contributed by atoms with Gasteiger partial charge in [-0.05, 0) is 44.9 Å². The van der Waals surface area contributed by atoms with Crippen LogP contribution in [0.4, 0.5) is 0 Å². The molecule has 1 aliphatic heterocycles. The van der Waals surface area contributed by atoms with Gasteiger partial charge in [0.25, 0.3) is 0 Å². The molecule has 0 saturated carbocycles. The number of carbonyl (C=O) groups excluding carboxylic acids is 1. The van der Waals surface area contributed by atoms with E-state index < -0.39 is 61.5 Å². The van der Waals surface area contributed by atoms with Crippen molar-refractivity contribution in [1.29, 1.82) is 0 Å². The summed E-state index contributed by atoms with van der Waals surface area (Å²) in [6.07, 6.45) is 29.9. The maximum atomic E-state index is 13.0. The Balaban J connectivity index is 2.35. The normalized spacial score (nSPS) is 22.3. The van der Waals surface area contributed by atoms with Crippen LogP contribution in [-0.2, 0) is 14.3 Å². The minimum atomic E-state index is -1.61. The van der Waals surface area contributed by atoms with Gasteiger partial charge in [0, 0.05) is 0 Å². The van der Waals surface area contributed by atoms with E-state index in [2.05, 4.69) is 31.3 Å². The highest BCUT2D eigenvalue weighted by Gasteiger charge is 2.44. The maximum absolute atomic E-state index is 13.0. The lowest BCUT2D eigenvalue weighted by molar-refractivity contribution is -0.302. The summed E-state index contributed by atoms with van der Waals surface area (Å²) in [5.74, 6) is -0.620. The summed E-state index contributed by atoms with van der Waals surface area (Å²) in [5, 5.41) is 64.4. The van der Waals surface area contributed by atoms with Gasteiger partial charge in [-0.15, -0.1) is 0 Å². The lowest BCUT2D eigenvalue weighted by atomic mass is 9.99. The smallest absolute Gasteiger partial charge is 0.249 e. The molecule has 0 radical (unpaired) electrons. The van der Waals surface area contributed by atoms with Crippen LogP contribution in [0.25, 0.3) is 0 Å². The molecule has 0 bridgehead atoms. The van der Waals surface area contributed by atoms with Crippen molar-refractivity contribution >= 4 is 5.91 Å². The number of amides is 1. The number of unbranched alkanes of at least 4 members (excludes halogenated alkanes) is 23. The van der Waals surface area contributed by atoms with E-state index in [1.165, 1.54) is 122 Å². The fraction of sp³-hybridized carbons (Fsp3) is 0.886. The van der Waals surface area contributed by atoms with Crippen LogP contribution in [0.5, 0.6) is 0 Å². The van der Waals surface area contributed by atoms with Crippen LogP contribution in [-0.4, -0.2) is 98.7 Å². The SMILES string of the molecule is CCCCCCCC/C=C\CCCCCCCCCCCCC(O)C(=O)N[C@@H](CO[C@@H]1O[C@H](CO)[C@@H](O)C(O)C1O)[C@H](O)/C=C/CCCCCCCCC. The fourth-order valence-electron chi connectivity index (χ4n) is 6.92. The van der Waals surface area contributed by atoms with E-state index in [0.717, 1.165) is 38.5 Å². The van der Waals surface area contributed by atoms with Crippen molar-refractivity contribution in [2.75, 3.05) is 13.2 Å². The topological polar surface area (TPSA) is 169 Å². The van der Waals surface area contributed by atoms with Crippen molar-refractivity contribution in [2.24, 2.45) is 0 Å². The highest BCUT2D eigenvalue weighted by atomic mass is 16.7. The lowest BCUT2D eigenvalue weighted by Gasteiger charge is -2.40. The summed E-state index contributed by atoms with van der Waals surface area (Å²) < 4.78 is 11.1. The van der Waals surface area contributed by atoms with Crippen LogP contribution in [0.15, 0.2) is 24.3 Å². The summed E-state index contributed by atoms with van der Waals surface area (Å²) in [6.45, 7) is 3.56. The molecule has 1 amide bonds. The van der Waals surface area contributed by atoms with E-state index in [9.17, 15) is 35.4 Å². The molecule has 1 saturated heterocycles. The molecule has 1 fully saturated rings. The van der Waals surface area contributed by atoms with E-state index >= 15 is 0 Å². The molecule has 10 heteroatoms. The second kappa shape index (κ2) is 34.8. The molecule has 7 N–H and O–H groups in total. The van der Waals surface area contributed by atoms with E-state index in [-0.39, 0.29) is 6.61 Å². The maximum Gasteiger partial charge on any atom is 0.249 e. The first-order valence-corrected chi connectivity index (χ1v) is 22.2. The van der Waals surface area contributed by atoms with Gasteiger partial charge in [0.05, 0.1) is 25.4 Å². The molecule has 1 heterocycles. The van der Waals surface area contributed by atoms with E-state index in [0.29, 0.717) is 12.8 Å². The molecule has 10 nitrogen and oxygen atoms in total. The molecular formula is C44H83NO9. The molecule has 318 valence electrons. The van der Waals surface area contributed by atoms with E-state index in [4.69, 9.17) is 9.47 Å². The minimum absolute atomic E-state index is 0.305. The molecule has 0 aliphatic carbocycles. The molecule has 54 heavy (non-hydrogen) atoms. The molecule has 0 aromatic carbocycles. The zero-order valence-electron chi connectivity index (χ0n) is 34.3. The summed E-state index contributed by atoms with van der Waals surface area (Å²) in [6, 6.07) is -0.976. The number of rotatable bonds is 36. The van der Waals surface area contributed by atoms with Gasteiger partial charge in [-0.1, -0.05) is 167 Å². The first kappa shape index (κ1) is 50.6. The van der Waals surface area contributed by atoms with Crippen molar-refractivity contribution in [3.8, 4) is 0 Å². The molecular weight excluding hydrogens is 686 g/mol. The number of nitrogens with one attached hydrogen (secondary N) is 1. The summed E-state index contributed by atoms with van der Waals surface area (Å²) >= 11 is 0. The van der Waals surface area contributed by atoms with E-state index in [1.54, 1.807) is 6.08 Å². The fourth-order valence-corrected chi connectivity index (χ4v) is 6.92. The molecule has 0 aromatic heterocycles. The van der Waals surface area contributed by atoms with Crippen LogP contribution >= 0.6 is 0 Å². The Labute approximate surface area is 329 Å². The predicted octanol–water partition coefficient (Wildman–Crippen LogP) is 7.69. The average molecular weight is 770 g/mol. The Hall–Kier alpha value is -1.37. The zero-order valence-corrected chi connectivity index (χ0v) is 34.3. The molecule has 1 aliphatic rings. The van der Waals surface area contributed by atoms with Crippen molar-refractivity contribution < 1.29 is 44.9 Å². The third-order valence-electron chi connectivity index (χ3n) is 10.6. The van der Waals surface area contributed by atoms with Crippen LogP contribution in [0.1, 0.15) is 187 Å². The van der Waals surface area contributed by atoms with Crippen molar-refractivity contribution in [1.82, 2.24) is 5.32 Å². The Morgan fingerprint density at radius 3 is 1.56 bits per heavy atom. The Morgan fingerprint density at radius 1 is 0.630 bits per heavy atom. The lowest BCUT2D eigenvalue weighted by Crippen LogP contribution is -2.60. The number of hydrogen-bond acceptors (Lipinski definition) is 9. The molecule has 0 spiro atoms. The van der Waals surface area contributed by atoms with Gasteiger partial charge in [0.1, 0.15) is 30.5 Å². The molecule has 3 unspecified atom stereocenters. The monoisotopic (exact) mass is 770 g/mol. The highest BCUT2D eigenvalue weighted by Crippen LogP contribution is 2.22. The van der Waals surface area contributed by atoms with Gasteiger partial charge in [0.2, 0.25) is 5.91 Å². The average Bonchev–Trinajstić information content (AvgIpc) is 3.17. The van der Waals surface area contributed by atoms with Gasteiger partial charge in [0.15, 0.2) is 6.29 Å². The zero-order chi connectivity index (χ0) is 39.7. The summed E-state index contributed by atoms with van der Waals surface area (Å²) in [5.41, 5.74) is 0. The third kappa shape index (κ3) is 25.0. The first-order valence-electron chi connectivity index (χ1n) is 22.2. The second-order valence-electron chi connectivity index (χ2n) is 15.6. The first-order chi connectivity index (χ1) is 26.3.